The van der Waals surface area contributed by atoms with E-state index >= 15 is 0 Å². The summed E-state index contributed by atoms with van der Waals surface area (Å²) >= 11 is 0. The summed E-state index contributed by atoms with van der Waals surface area (Å²) in [5, 5.41) is 26.4. The number of aliphatic hydroxyl groups is 1. The number of aliphatic carboxylic acids is 1. The first-order valence-electron chi connectivity index (χ1n) is 4.46. The fourth-order valence-electron chi connectivity index (χ4n) is 1.24. The molecule has 0 aromatic heterocycles. The number of benzene rings is 1. The maximum Gasteiger partial charge on any atom is 0.387 e. The van der Waals surface area contributed by atoms with Crippen molar-refractivity contribution in [3.63, 3.8) is 0 Å². The van der Waals surface area contributed by atoms with Gasteiger partial charge in [-0.05, 0) is 6.07 Å². The normalized spacial score (nSPS) is 12.0. The van der Waals surface area contributed by atoms with Crippen LogP contribution >= 0.6 is 0 Å². The maximum absolute atomic E-state index is 13.3. The van der Waals surface area contributed by atoms with Gasteiger partial charge in [-0.2, -0.15) is 14.0 Å². The molecule has 0 amide bonds. The van der Waals surface area contributed by atoms with Crippen molar-refractivity contribution in [3.8, 4) is 11.8 Å². The van der Waals surface area contributed by atoms with Crippen LogP contribution in [0.4, 0.5) is 13.2 Å². The number of carbonyl (C=O) groups is 1. The van der Waals surface area contributed by atoms with Crippen molar-refractivity contribution in [1.29, 1.82) is 5.26 Å². The highest BCUT2D eigenvalue weighted by Crippen LogP contribution is 2.27. The molecule has 0 heterocycles. The van der Waals surface area contributed by atoms with Crippen LogP contribution in [0.25, 0.3) is 0 Å². The van der Waals surface area contributed by atoms with Crippen LogP contribution in [-0.2, 0) is 4.79 Å². The zero-order chi connectivity index (χ0) is 13.9. The summed E-state index contributed by atoms with van der Waals surface area (Å²) in [6.07, 6.45) is -2.21. The molecule has 0 radical (unpaired) electrons. The zero-order valence-electron chi connectivity index (χ0n) is 8.60. The molecule has 8 heteroatoms. The van der Waals surface area contributed by atoms with Crippen molar-refractivity contribution in [2.75, 3.05) is 0 Å². The quantitative estimate of drug-likeness (QED) is 0.855. The molecular formula is C10H6F3NO4. The number of hydrogen-bond donors (Lipinski definition) is 2. The highest BCUT2D eigenvalue weighted by Gasteiger charge is 2.24. The van der Waals surface area contributed by atoms with E-state index in [2.05, 4.69) is 4.74 Å². The molecule has 0 aliphatic heterocycles. The minimum Gasteiger partial charge on any atom is -0.479 e. The van der Waals surface area contributed by atoms with Gasteiger partial charge in [-0.25, -0.2) is 9.18 Å². The third-order valence-electron chi connectivity index (χ3n) is 1.96. The van der Waals surface area contributed by atoms with Gasteiger partial charge in [0.2, 0.25) is 0 Å². The number of nitriles is 1. The van der Waals surface area contributed by atoms with E-state index in [-0.39, 0.29) is 0 Å². The van der Waals surface area contributed by atoms with Crippen molar-refractivity contribution in [2.24, 2.45) is 0 Å². The fraction of sp³-hybridized carbons (Fsp3) is 0.200. The Morgan fingerprint density at radius 3 is 2.50 bits per heavy atom. The molecule has 1 atom stereocenters. The molecule has 1 rings (SSSR count). The van der Waals surface area contributed by atoms with Crippen LogP contribution in [0.15, 0.2) is 12.1 Å². The lowest BCUT2D eigenvalue weighted by atomic mass is 10.0. The first-order valence-corrected chi connectivity index (χ1v) is 4.46. The van der Waals surface area contributed by atoms with Crippen LogP contribution < -0.4 is 4.74 Å². The average molecular weight is 261 g/mol. The Kier molecular flexibility index (Phi) is 4.12. The minimum atomic E-state index is -3.24. The summed E-state index contributed by atoms with van der Waals surface area (Å²) in [7, 11) is 0. The second kappa shape index (κ2) is 5.37. The molecule has 1 aromatic rings. The molecule has 0 saturated carbocycles. The van der Waals surface area contributed by atoms with E-state index in [0.29, 0.717) is 12.1 Å². The standard InChI is InChI=1S/C10H6F3NO4/c11-7-2-4(18-10(12)13)1-5(6(7)3-14)8(15)9(16)17/h1-2,8,10,15H,(H,16,17). The van der Waals surface area contributed by atoms with Crippen LogP contribution in [0.3, 0.4) is 0 Å². The lowest BCUT2D eigenvalue weighted by Gasteiger charge is -2.11. The van der Waals surface area contributed by atoms with Gasteiger partial charge < -0.3 is 14.9 Å². The molecule has 1 aromatic carbocycles. The highest BCUT2D eigenvalue weighted by molar-refractivity contribution is 5.75. The predicted octanol–water partition coefficient (Wildman–Crippen LogP) is 1.42. The lowest BCUT2D eigenvalue weighted by Crippen LogP contribution is -2.14. The highest BCUT2D eigenvalue weighted by atomic mass is 19.3. The molecule has 0 saturated heterocycles. The molecule has 0 fully saturated rings. The largest absolute Gasteiger partial charge is 0.479 e. The van der Waals surface area contributed by atoms with Gasteiger partial charge in [-0.3, -0.25) is 0 Å². The number of ether oxygens (including phenoxy) is 1. The topological polar surface area (TPSA) is 90.5 Å². The Bertz CT molecular complexity index is 513. The number of rotatable bonds is 4. The van der Waals surface area contributed by atoms with E-state index in [4.69, 9.17) is 10.4 Å². The Morgan fingerprint density at radius 2 is 2.06 bits per heavy atom. The zero-order valence-corrected chi connectivity index (χ0v) is 8.60. The Balaban J connectivity index is 3.33. The molecule has 1 unspecified atom stereocenters. The van der Waals surface area contributed by atoms with Crippen LogP contribution in [-0.4, -0.2) is 22.8 Å². The van der Waals surface area contributed by atoms with Gasteiger partial charge in [0.25, 0.3) is 0 Å². The maximum atomic E-state index is 13.3. The summed E-state index contributed by atoms with van der Waals surface area (Å²) in [5.41, 5.74) is -1.40. The third-order valence-corrected chi connectivity index (χ3v) is 1.96. The van der Waals surface area contributed by atoms with E-state index in [0.717, 1.165) is 0 Å². The minimum absolute atomic E-state index is 0.503. The summed E-state index contributed by atoms with van der Waals surface area (Å²) in [6, 6.07) is 2.51. The summed E-state index contributed by atoms with van der Waals surface area (Å²) in [4.78, 5) is 10.5. The van der Waals surface area contributed by atoms with Crippen molar-refractivity contribution in [1.82, 2.24) is 0 Å². The molecule has 96 valence electrons. The Morgan fingerprint density at radius 1 is 1.44 bits per heavy atom. The van der Waals surface area contributed by atoms with Crippen LogP contribution in [0.1, 0.15) is 17.2 Å². The molecule has 0 bridgehead atoms. The summed E-state index contributed by atoms with van der Waals surface area (Å²) < 4.78 is 41.1. The summed E-state index contributed by atoms with van der Waals surface area (Å²) in [6.45, 7) is -3.24. The first-order chi connectivity index (χ1) is 8.36. The van der Waals surface area contributed by atoms with Gasteiger partial charge in [0, 0.05) is 11.6 Å². The lowest BCUT2D eigenvalue weighted by molar-refractivity contribution is -0.146. The van der Waals surface area contributed by atoms with Gasteiger partial charge in [-0.15, -0.1) is 0 Å². The van der Waals surface area contributed by atoms with Gasteiger partial charge >= 0.3 is 12.6 Å². The second-order valence-electron chi connectivity index (χ2n) is 3.10. The van der Waals surface area contributed by atoms with Gasteiger partial charge in [0.15, 0.2) is 6.10 Å². The number of hydrogen-bond acceptors (Lipinski definition) is 4. The fourth-order valence-corrected chi connectivity index (χ4v) is 1.24. The predicted molar refractivity (Wildman–Crippen MR) is 50.3 cm³/mol. The molecule has 2 N–H and O–H groups in total. The molecule has 0 aliphatic carbocycles. The molecular weight excluding hydrogens is 255 g/mol. The van der Waals surface area contributed by atoms with E-state index in [1.165, 1.54) is 6.07 Å². The monoisotopic (exact) mass is 261 g/mol. The molecule has 0 spiro atoms. The Labute approximate surface area is 98.6 Å². The SMILES string of the molecule is N#Cc1c(F)cc(OC(F)F)cc1C(O)C(=O)O. The molecule has 0 aliphatic rings. The van der Waals surface area contributed by atoms with Crippen LogP contribution in [0.5, 0.6) is 5.75 Å². The number of halogens is 3. The van der Waals surface area contributed by atoms with E-state index in [9.17, 15) is 23.1 Å². The number of carboxylic acid groups (broad SMARTS) is 1. The third kappa shape index (κ3) is 2.89. The van der Waals surface area contributed by atoms with Crippen molar-refractivity contribution < 1.29 is 32.9 Å². The van der Waals surface area contributed by atoms with Gasteiger partial charge in [0.1, 0.15) is 17.6 Å². The number of aliphatic hydroxyl groups excluding tert-OH is 1. The van der Waals surface area contributed by atoms with E-state index < -0.39 is 41.4 Å². The van der Waals surface area contributed by atoms with Crippen LogP contribution in [0, 0.1) is 17.1 Å². The number of carboxylic acids is 1. The van der Waals surface area contributed by atoms with E-state index in [1.54, 1.807) is 0 Å². The van der Waals surface area contributed by atoms with Crippen molar-refractivity contribution in [2.45, 2.75) is 12.7 Å². The first kappa shape index (κ1) is 13.8. The molecule has 18 heavy (non-hydrogen) atoms. The number of alkyl halides is 2. The van der Waals surface area contributed by atoms with Gasteiger partial charge in [-0.1, -0.05) is 0 Å². The van der Waals surface area contributed by atoms with Crippen molar-refractivity contribution >= 4 is 5.97 Å². The van der Waals surface area contributed by atoms with E-state index in [1.807, 2.05) is 0 Å². The van der Waals surface area contributed by atoms with Gasteiger partial charge in [0.05, 0.1) is 5.56 Å². The Hall–Kier alpha value is -2.27. The number of nitrogens with zero attached hydrogens (tertiary/aromatic N) is 1. The molecule has 5 nitrogen and oxygen atoms in total. The average Bonchev–Trinajstić information content (AvgIpc) is 2.26. The van der Waals surface area contributed by atoms with Crippen molar-refractivity contribution in [3.05, 3.63) is 29.1 Å². The smallest absolute Gasteiger partial charge is 0.387 e. The second-order valence-corrected chi connectivity index (χ2v) is 3.10. The van der Waals surface area contributed by atoms with Crippen LogP contribution in [0.2, 0.25) is 0 Å². The summed E-state index contributed by atoms with van der Waals surface area (Å²) in [5.74, 6) is -3.69.